The van der Waals surface area contributed by atoms with Crippen LogP contribution in [0.1, 0.15) is 0 Å². The zero-order valence-corrected chi connectivity index (χ0v) is 17.7. The van der Waals surface area contributed by atoms with Crippen molar-refractivity contribution in [3.8, 4) is 23.5 Å². The molecular formula is C14H20N4O8S2. The third-order valence-corrected chi connectivity index (χ3v) is 4.51. The fraction of sp³-hybridized carbons (Fsp3) is 0.429. The molecule has 0 amide bonds. The van der Waals surface area contributed by atoms with Gasteiger partial charge in [-0.15, -0.1) is 0 Å². The third kappa shape index (κ3) is 6.77. The summed E-state index contributed by atoms with van der Waals surface area (Å²) in [6.45, 7) is 0. The predicted octanol–water partition coefficient (Wildman–Crippen LogP) is -0.205. The van der Waals surface area contributed by atoms with Gasteiger partial charge < -0.3 is 18.9 Å². The van der Waals surface area contributed by atoms with Crippen LogP contribution in [-0.2, 0) is 19.7 Å². The van der Waals surface area contributed by atoms with Crippen LogP contribution < -0.4 is 18.9 Å². The van der Waals surface area contributed by atoms with Crippen molar-refractivity contribution in [3.05, 3.63) is 12.1 Å². The lowest BCUT2D eigenvalue weighted by Crippen LogP contribution is -2.06. The molecule has 0 aliphatic carbocycles. The Morgan fingerprint density at radius 1 is 0.571 bits per heavy atom. The van der Waals surface area contributed by atoms with Gasteiger partial charge in [-0.05, 0) is 0 Å². The van der Waals surface area contributed by atoms with Gasteiger partial charge in [0.25, 0.3) is 10.3 Å². The average Bonchev–Trinajstić information content (AvgIpc) is 2.66. The Morgan fingerprint density at radius 2 is 0.786 bits per heavy atom. The van der Waals surface area contributed by atoms with Crippen molar-refractivity contribution in [1.82, 2.24) is 19.9 Å². The summed E-state index contributed by atoms with van der Waals surface area (Å²) in [4.78, 5) is 14.7. The van der Waals surface area contributed by atoms with Gasteiger partial charge in [0.15, 0.2) is 0 Å². The monoisotopic (exact) mass is 436 g/mol. The van der Waals surface area contributed by atoms with E-state index in [9.17, 15) is 16.8 Å². The van der Waals surface area contributed by atoms with E-state index in [1.165, 1.54) is 40.6 Å². The van der Waals surface area contributed by atoms with Gasteiger partial charge >= 0.3 is 0 Å². The molecule has 0 bridgehead atoms. The molecule has 2 aromatic heterocycles. The molecule has 0 unspecified atom stereocenters. The molecule has 0 atom stereocenters. The van der Waals surface area contributed by atoms with E-state index >= 15 is 0 Å². The highest BCUT2D eigenvalue weighted by atomic mass is 32.2. The van der Waals surface area contributed by atoms with Crippen molar-refractivity contribution in [2.45, 2.75) is 10.3 Å². The standard InChI is InChI=1S/2C7H10N2O4S/c2*1-12-5-4-6(13-2)9-7(8-5)14(3,10)11/h2*4H,1-3H3. The normalized spacial score (nSPS) is 11.1. The van der Waals surface area contributed by atoms with Gasteiger partial charge in [-0.2, -0.15) is 19.9 Å². The van der Waals surface area contributed by atoms with Crippen molar-refractivity contribution in [2.75, 3.05) is 41.0 Å². The number of nitrogens with zero attached hydrogens (tertiary/aromatic N) is 4. The Bertz CT molecular complexity index is 898. The molecule has 0 N–H and O–H groups in total. The van der Waals surface area contributed by atoms with E-state index in [0.717, 1.165) is 12.5 Å². The highest BCUT2D eigenvalue weighted by molar-refractivity contribution is 7.90. The highest BCUT2D eigenvalue weighted by Crippen LogP contribution is 2.17. The summed E-state index contributed by atoms with van der Waals surface area (Å²) in [6.07, 6.45) is 2.03. The van der Waals surface area contributed by atoms with Gasteiger partial charge in [-0.3, -0.25) is 0 Å². The van der Waals surface area contributed by atoms with E-state index in [4.69, 9.17) is 18.9 Å². The van der Waals surface area contributed by atoms with Crippen LogP contribution in [0.25, 0.3) is 0 Å². The lowest BCUT2D eigenvalue weighted by Gasteiger charge is -2.04. The molecule has 28 heavy (non-hydrogen) atoms. The number of rotatable bonds is 6. The van der Waals surface area contributed by atoms with E-state index in [2.05, 4.69) is 19.9 Å². The molecule has 2 aromatic rings. The number of sulfone groups is 2. The second kappa shape index (κ2) is 9.45. The van der Waals surface area contributed by atoms with Crippen LogP contribution in [0.3, 0.4) is 0 Å². The number of aromatic nitrogens is 4. The lowest BCUT2D eigenvalue weighted by atomic mass is 10.6. The molecule has 0 fully saturated rings. The first kappa shape index (κ1) is 23.3. The molecule has 14 heteroatoms. The van der Waals surface area contributed by atoms with Gasteiger partial charge in [-0.25, -0.2) is 16.8 Å². The Hall–Kier alpha value is -2.74. The van der Waals surface area contributed by atoms with Crippen molar-refractivity contribution in [3.63, 3.8) is 0 Å². The molecule has 0 aromatic carbocycles. The van der Waals surface area contributed by atoms with Crippen LogP contribution in [0.5, 0.6) is 23.5 Å². The summed E-state index contributed by atoms with van der Waals surface area (Å²) >= 11 is 0. The summed E-state index contributed by atoms with van der Waals surface area (Å²) in [5, 5.41) is -0.623. The first-order valence-corrected chi connectivity index (χ1v) is 11.1. The third-order valence-electron chi connectivity index (χ3n) is 2.82. The first-order valence-electron chi connectivity index (χ1n) is 7.28. The van der Waals surface area contributed by atoms with E-state index in [1.54, 1.807) is 0 Å². The van der Waals surface area contributed by atoms with Crippen LogP contribution in [0.15, 0.2) is 22.4 Å². The minimum atomic E-state index is -3.45. The predicted molar refractivity (Wildman–Crippen MR) is 96.5 cm³/mol. The SMILES string of the molecule is COc1cc(OC)nc(S(C)(=O)=O)n1.COc1cc(OC)nc(S(C)(=O)=O)n1. The zero-order chi connectivity index (χ0) is 21.5. The maximum Gasteiger partial charge on any atom is 0.253 e. The molecule has 156 valence electrons. The van der Waals surface area contributed by atoms with E-state index in [0.29, 0.717) is 0 Å². The van der Waals surface area contributed by atoms with Crippen molar-refractivity contribution < 1.29 is 35.8 Å². The molecular weight excluding hydrogens is 416 g/mol. The number of hydrogen-bond acceptors (Lipinski definition) is 12. The summed E-state index contributed by atoms with van der Waals surface area (Å²) in [6, 6.07) is 2.80. The van der Waals surface area contributed by atoms with Crippen LogP contribution >= 0.6 is 0 Å². The van der Waals surface area contributed by atoms with Gasteiger partial charge in [0.2, 0.25) is 43.2 Å². The molecule has 2 rings (SSSR count). The maximum atomic E-state index is 11.1. The molecule has 0 radical (unpaired) electrons. The molecule has 0 spiro atoms. The fourth-order valence-electron chi connectivity index (χ4n) is 1.52. The molecule has 0 saturated heterocycles. The second-order valence-electron chi connectivity index (χ2n) is 5.01. The van der Waals surface area contributed by atoms with Crippen LogP contribution in [0.4, 0.5) is 0 Å². The second-order valence-corrected chi connectivity index (χ2v) is 8.83. The topological polar surface area (TPSA) is 157 Å². The van der Waals surface area contributed by atoms with Crippen LogP contribution in [-0.4, -0.2) is 77.7 Å². The van der Waals surface area contributed by atoms with E-state index in [-0.39, 0.29) is 33.8 Å². The summed E-state index contributed by atoms with van der Waals surface area (Å²) in [5.74, 6) is 0.601. The summed E-state index contributed by atoms with van der Waals surface area (Å²) < 4.78 is 63.7. The zero-order valence-electron chi connectivity index (χ0n) is 16.0. The first-order chi connectivity index (χ1) is 12.9. The molecule has 0 saturated carbocycles. The fourth-order valence-corrected chi connectivity index (χ4v) is 2.54. The average molecular weight is 436 g/mol. The smallest absolute Gasteiger partial charge is 0.253 e. The number of methoxy groups -OCH3 is 4. The Morgan fingerprint density at radius 3 is 0.929 bits per heavy atom. The van der Waals surface area contributed by atoms with Crippen LogP contribution in [0.2, 0.25) is 0 Å². The van der Waals surface area contributed by atoms with Gasteiger partial charge in [0.1, 0.15) is 0 Å². The van der Waals surface area contributed by atoms with Crippen LogP contribution in [0, 0.1) is 0 Å². The Kier molecular flexibility index (Phi) is 7.87. The summed E-state index contributed by atoms with van der Waals surface area (Å²) in [5.41, 5.74) is 0. The number of hydrogen-bond donors (Lipinski definition) is 0. The van der Waals surface area contributed by atoms with Gasteiger partial charge in [0.05, 0.1) is 40.6 Å². The largest absolute Gasteiger partial charge is 0.481 e. The minimum absolute atomic E-state index is 0.150. The van der Waals surface area contributed by atoms with E-state index < -0.39 is 19.7 Å². The minimum Gasteiger partial charge on any atom is -0.481 e. The molecule has 2 heterocycles. The quantitative estimate of drug-likeness (QED) is 0.550. The van der Waals surface area contributed by atoms with Crippen molar-refractivity contribution >= 4 is 19.7 Å². The Balaban J connectivity index is 0.000000280. The van der Waals surface area contributed by atoms with Gasteiger partial charge in [-0.1, -0.05) is 0 Å². The Labute approximate surface area is 162 Å². The molecule has 0 aliphatic rings. The summed E-state index contributed by atoms with van der Waals surface area (Å²) in [7, 11) is -1.37. The molecule has 12 nitrogen and oxygen atoms in total. The maximum absolute atomic E-state index is 11.1. The number of ether oxygens (including phenoxy) is 4. The lowest BCUT2D eigenvalue weighted by molar-refractivity contribution is 0.362. The van der Waals surface area contributed by atoms with E-state index in [1.807, 2.05) is 0 Å². The van der Waals surface area contributed by atoms with Crippen molar-refractivity contribution in [2.24, 2.45) is 0 Å². The van der Waals surface area contributed by atoms with Gasteiger partial charge in [0, 0.05) is 12.5 Å². The highest BCUT2D eigenvalue weighted by Gasteiger charge is 2.15. The van der Waals surface area contributed by atoms with Crippen molar-refractivity contribution in [1.29, 1.82) is 0 Å². The molecule has 0 aliphatic heterocycles.